The molecule has 2 amide bonds. The highest BCUT2D eigenvalue weighted by Gasteiger charge is 2.14. The van der Waals surface area contributed by atoms with Gasteiger partial charge < -0.3 is 20.0 Å². The van der Waals surface area contributed by atoms with Crippen LogP contribution in [0.15, 0.2) is 65.3 Å². The summed E-state index contributed by atoms with van der Waals surface area (Å²) in [7, 11) is 0. The number of halogens is 2. The van der Waals surface area contributed by atoms with Crippen molar-refractivity contribution in [3.05, 3.63) is 83.6 Å². The molecule has 2 aromatic heterocycles. The molecule has 0 aliphatic rings. The highest BCUT2D eigenvalue weighted by atomic mass is 19.3. The number of H-pyrrole nitrogens is 1. The van der Waals surface area contributed by atoms with E-state index in [1.54, 1.807) is 36.4 Å². The number of nitrogens with one attached hydrogen (secondary N) is 3. The highest BCUT2D eigenvalue weighted by molar-refractivity contribution is 6.02. The number of carbonyl (C=O) groups excluding carboxylic acids is 2. The van der Waals surface area contributed by atoms with Gasteiger partial charge in [-0.1, -0.05) is 12.1 Å². The predicted octanol–water partition coefficient (Wildman–Crippen LogP) is 4.28. The maximum atomic E-state index is 12.8. The molecule has 0 unspecified atom stereocenters. The van der Waals surface area contributed by atoms with E-state index in [0.29, 0.717) is 22.3 Å². The number of rotatable bonds is 6. The van der Waals surface area contributed by atoms with Crippen LogP contribution in [0.5, 0.6) is 0 Å². The van der Waals surface area contributed by atoms with Crippen LogP contribution in [0.2, 0.25) is 0 Å². The van der Waals surface area contributed by atoms with E-state index in [0.717, 1.165) is 5.56 Å². The minimum Gasteiger partial charge on any atom is -0.459 e. The molecule has 0 spiro atoms. The quantitative estimate of drug-likeness (QED) is 0.442. The molecule has 3 N–H and O–H groups in total. The van der Waals surface area contributed by atoms with Crippen LogP contribution in [-0.2, 0) is 6.54 Å². The molecule has 4 rings (SSSR count). The second-order valence-corrected chi connectivity index (χ2v) is 6.47. The number of amides is 2. The van der Waals surface area contributed by atoms with Gasteiger partial charge in [0, 0.05) is 17.8 Å². The number of hydrogen-bond donors (Lipinski definition) is 3. The lowest BCUT2D eigenvalue weighted by Crippen LogP contribution is -2.22. The van der Waals surface area contributed by atoms with E-state index >= 15 is 0 Å². The molecule has 4 aromatic rings. The maximum Gasteiger partial charge on any atom is 0.295 e. The Bertz CT molecular complexity index is 1200. The van der Waals surface area contributed by atoms with Gasteiger partial charge in [0.25, 0.3) is 18.2 Å². The van der Waals surface area contributed by atoms with Crippen molar-refractivity contribution in [2.24, 2.45) is 0 Å². The molecule has 0 atom stereocenters. The third kappa shape index (κ3) is 4.19. The molecule has 0 saturated carbocycles. The van der Waals surface area contributed by atoms with E-state index in [2.05, 4.69) is 20.6 Å². The summed E-state index contributed by atoms with van der Waals surface area (Å²) in [6, 6.07) is 14.7. The van der Waals surface area contributed by atoms with Crippen molar-refractivity contribution in [2.45, 2.75) is 13.0 Å². The smallest absolute Gasteiger partial charge is 0.295 e. The van der Waals surface area contributed by atoms with Crippen LogP contribution < -0.4 is 10.6 Å². The molecular formula is C21H16F2N4O3. The summed E-state index contributed by atoms with van der Waals surface area (Å²) >= 11 is 0. The van der Waals surface area contributed by atoms with Crippen LogP contribution in [-0.4, -0.2) is 21.8 Å². The first kappa shape index (κ1) is 19.3. The van der Waals surface area contributed by atoms with Crippen LogP contribution in [0.3, 0.4) is 0 Å². The van der Waals surface area contributed by atoms with Crippen molar-refractivity contribution in [2.75, 3.05) is 5.32 Å². The van der Waals surface area contributed by atoms with Crippen molar-refractivity contribution < 1.29 is 22.8 Å². The van der Waals surface area contributed by atoms with Gasteiger partial charge in [0.2, 0.25) is 0 Å². The third-order valence-electron chi connectivity index (χ3n) is 4.35. The van der Waals surface area contributed by atoms with E-state index in [1.165, 1.54) is 24.5 Å². The van der Waals surface area contributed by atoms with Crippen LogP contribution in [0, 0.1) is 0 Å². The highest BCUT2D eigenvalue weighted by Crippen LogP contribution is 2.21. The minimum absolute atomic E-state index is 0.193. The zero-order valence-corrected chi connectivity index (χ0v) is 15.5. The van der Waals surface area contributed by atoms with Crippen LogP contribution >= 0.6 is 0 Å². The van der Waals surface area contributed by atoms with Crippen molar-refractivity contribution in [1.82, 2.24) is 15.3 Å². The monoisotopic (exact) mass is 410 g/mol. The van der Waals surface area contributed by atoms with Gasteiger partial charge in [-0.15, -0.1) is 0 Å². The summed E-state index contributed by atoms with van der Waals surface area (Å²) < 4.78 is 30.6. The average molecular weight is 410 g/mol. The largest absolute Gasteiger partial charge is 0.459 e. The Morgan fingerprint density at radius 3 is 2.70 bits per heavy atom. The van der Waals surface area contributed by atoms with Gasteiger partial charge in [-0.3, -0.25) is 9.59 Å². The van der Waals surface area contributed by atoms with Gasteiger partial charge in [-0.05, 0) is 48.0 Å². The normalized spacial score (nSPS) is 11.0. The number of fused-ring (bicyclic) bond motifs is 1. The molecule has 30 heavy (non-hydrogen) atoms. The lowest BCUT2D eigenvalue weighted by molar-refractivity contribution is 0.0949. The number of carbonyl (C=O) groups is 2. The Labute approximate surface area is 169 Å². The van der Waals surface area contributed by atoms with Gasteiger partial charge in [0.1, 0.15) is 0 Å². The predicted molar refractivity (Wildman–Crippen MR) is 105 cm³/mol. The molecule has 2 aromatic carbocycles. The molecule has 0 aliphatic carbocycles. The number of aromatic amines is 1. The van der Waals surface area contributed by atoms with Crippen molar-refractivity contribution in [1.29, 1.82) is 0 Å². The van der Waals surface area contributed by atoms with Gasteiger partial charge >= 0.3 is 0 Å². The average Bonchev–Trinajstić information content (AvgIpc) is 3.41. The summed E-state index contributed by atoms with van der Waals surface area (Å²) in [6.07, 6.45) is -1.30. The van der Waals surface area contributed by atoms with E-state index in [4.69, 9.17) is 4.42 Å². The number of benzene rings is 2. The SMILES string of the molecule is O=C(NCc1cccc(NC(=O)c2ccco2)c1)c1ccc2nc(C(F)F)[nH]c2c1. The molecule has 152 valence electrons. The van der Waals surface area contributed by atoms with Crippen LogP contribution in [0.1, 0.15) is 38.7 Å². The molecule has 2 heterocycles. The van der Waals surface area contributed by atoms with Gasteiger partial charge in [-0.2, -0.15) is 0 Å². The summed E-state index contributed by atoms with van der Waals surface area (Å²) in [6.45, 7) is 0.215. The van der Waals surface area contributed by atoms with E-state index < -0.39 is 12.2 Å². The Morgan fingerprint density at radius 1 is 1.07 bits per heavy atom. The Kier molecular flexibility index (Phi) is 5.25. The molecule has 7 nitrogen and oxygen atoms in total. The summed E-state index contributed by atoms with van der Waals surface area (Å²) in [5, 5.41) is 5.48. The van der Waals surface area contributed by atoms with E-state index in [9.17, 15) is 18.4 Å². The number of nitrogens with zero attached hydrogens (tertiary/aromatic N) is 1. The maximum absolute atomic E-state index is 12.8. The number of furan rings is 1. The fourth-order valence-corrected chi connectivity index (χ4v) is 2.92. The topological polar surface area (TPSA) is 100 Å². The van der Waals surface area contributed by atoms with E-state index in [-0.39, 0.29) is 24.1 Å². The fourth-order valence-electron chi connectivity index (χ4n) is 2.92. The lowest BCUT2D eigenvalue weighted by atomic mass is 10.1. The molecule has 0 radical (unpaired) electrons. The Hall–Kier alpha value is -4.01. The first-order valence-corrected chi connectivity index (χ1v) is 8.99. The zero-order valence-electron chi connectivity index (χ0n) is 15.5. The molecule has 0 bridgehead atoms. The molecule has 0 fully saturated rings. The van der Waals surface area contributed by atoms with Crippen molar-refractivity contribution in [3.8, 4) is 0 Å². The molecule has 0 aliphatic heterocycles. The zero-order chi connectivity index (χ0) is 21.1. The number of anilines is 1. The van der Waals surface area contributed by atoms with E-state index in [1.807, 2.05) is 0 Å². The van der Waals surface area contributed by atoms with Crippen LogP contribution in [0.25, 0.3) is 11.0 Å². The summed E-state index contributed by atoms with van der Waals surface area (Å²) in [5.74, 6) is -0.985. The molecule has 0 saturated heterocycles. The van der Waals surface area contributed by atoms with Gasteiger partial charge in [-0.25, -0.2) is 13.8 Å². The summed E-state index contributed by atoms with van der Waals surface area (Å²) in [5.41, 5.74) is 2.36. The first-order chi connectivity index (χ1) is 14.5. The number of aromatic nitrogens is 2. The lowest BCUT2D eigenvalue weighted by Gasteiger charge is -2.08. The fraction of sp³-hybridized carbons (Fsp3) is 0.0952. The summed E-state index contributed by atoms with van der Waals surface area (Å²) in [4.78, 5) is 30.8. The molecule has 9 heteroatoms. The Morgan fingerprint density at radius 2 is 1.93 bits per heavy atom. The van der Waals surface area contributed by atoms with Gasteiger partial charge in [0.15, 0.2) is 11.6 Å². The Balaban J connectivity index is 1.41. The van der Waals surface area contributed by atoms with Gasteiger partial charge in [0.05, 0.1) is 17.3 Å². The van der Waals surface area contributed by atoms with Crippen molar-refractivity contribution in [3.63, 3.8) is 0 Å². The van der Waals surface area contributed by atoms with Crippen LogP contribution in [0.4, 0.5) is 14.5 Å². The minimum atomic E-state index is -2.71. The second kappa shape index (κ2) is 8.16. The van der Waals surface area contributed by atoms with Crippen molar-refractivity contribution >= 4 is 28.5 Å². The standard InChI is InChI=1S/C21H16F2N4O3/c22-18(23)19-26-15-7-6-13(10-16(15)27-19)20(28)24-11-12-3-1-4-14(9-12)25-21(29)17-5-2-8-30-17/h1-10,18H,11H2,(H,24,28)(H,25,29)(H,26,27). The molecular weight excluding hydrogens is 394 g/mol. The number of imidazole rings is 1. The number of alkyl halides is 2. The number of hydrogen-bond acceptors (Lipinski definition) is 4. The first-order valence-electron chi connectivity index (χ1n) is 8.99. The second-order valence-electron chi connectivity index (χ2n) is 6.47. The third-order valence-corrected chi connectivity index (χ3v) is 4.35.